The highest BCUT2D eigenvalue weighted by Gasteiger charge is 2.31. The fourth-order valence-corrected chi connectivity index (χ4v) is 2.33. The first-order valence-electron chi connectivity index (χ1n) is 8.06. The van der Waals surface area contributed by atoms with Gasteiger partial charge in [0.15, 0.2) is 0 Å². The zero-order valence-corrected chi connectivity index (χ0v) is 14.9. The molecule has 7 nitrogen and oxygen atoms in total. The number of carbonyl (C=O) groups excluding carboxylic acids is 1. The van der Waals surface area contributed by atoms with Crippen molar-refractivity contribution in [3.05, 3.63) is 65.8 Å². The first-order chi connectivity index (χ1) is 13.2. The summed E-state index contributed by atoms with van der Waals surface area (Å²) in [6, 6.07) is 8.42. The average Bonchev–Trinajstić information content (AvgIpc) is 3.09. The molecule has 1 aromatic heterocycles. The van der Waals surface area contributed by atoms with Crippen molar-refractivity contribution in [1.82, 2.24) is 15.4 Å². The molecule has 1 aromatic carbocycles. The first kappa shape index (κ1) is 19.5. The molecule has 3 rings (SSSR count). The fourth-order valence-electron chi connectivity index (χ4n) is 2.33. The molecule has 1 atom stereocenters. The molecule has 0 fully saturated rings. The Bertz CT molecular complexity index is 865. The van der Waals surface area contributed by atoms with Gasteiger partial charge in [-0.2, -0.15) is 0 Å². The average molecular weight is 395 g/mol. The molecule has 2 heterocycles. The third-order valence-corrected chi connectivity index (χ3v) is 3.62. The fraction of sp³-hybridized carbons (Fsp3) is 0.222. The molecule has 10 heteroatoms. The second-order valence-corrected chi connectivity index (χ2v) is 5.97. The Morgan fingerprint density at radius 2 is 1.82 bits per heavy atom. The molecule has 0 spiro atoms. The molecule has 1 aliphatic heterocycles. The van der Waals surface area contributed by atoms with Crippen molar-refractivity contribution in [3.8, 4) is 11.5 Å². The van der Waals surface area contributed by atoms with E-state index in [2.05, 4.69) is 15.2 Å². The Kier molecular flexibility index (Phi) is 5.41. The largest absolute Gasteiger partial charge is 0.573 e. The molecule has 148 valence electrons. The third-order valence-electron chi connectivity index (χ3n) is 3.62. The minimum atomic E-state index is -4.74. The van der Waals surface area contributed by atoms with Crippen molar-refractivity contribution in [1.29, 1.82) is 0 Å². The Morgan fingerprint density at radius 3 is 2.39 bits per heavy atom. The molecule has 1 unspecified atom stereocenters. The Morgan fingerprint density at radius 1 is 1.14 bits per heavy atom. The number of amides is 1. The van der Waals surface area contributed by atoms with Crippen LogP contribution >= 0.6 is 0 Å². The van der Waals surface area contributed by atoms with E-state index < -0.39 is 12.5 Å². The van der Waals surface area contributed by atoms with Gasteiger partial charge in [0.25, 0.3) is 5.91 Å². The molecule has 28 heavy (non-hydrogen) atoms. The molecule has 0 radical (unpaired) electrons. The number of hydroxylamine groups is 1. The molecule has 0 bridgehead atoms. The smallest absolute Gasteiger partial charge is 0.438 e. The molecule has 0 aliphatic carbocycles. The highest BCUT2D eigenvalue weighted by molar-refractivity contribution is 5.91. The molecule has 1 N–H and O–H groups in total. The van der Waals surface area contributed by atoms with Gasteiger partial charge in [-0.15, -0.1) is 13.2 Å². The van der Waals surface area contributed by atoms with Gasteiger partial charge in [-0.25, -0.2) is 10.5 Å². The summed E-state index contributed by atoms with van der Waals surface area (Å²) in [4.78, 5) is 22.6. The number of rotatable bonds is 5. The van der Waals surface area contributed by atoms with Gasteiger partial charge in [0.05, 0.1) is 6.20 Å². The lowest BCUT2D eigenvalue weighted by Gasteiger charge is -2.11. The van der Waals surface area contributed by atoms with Crippen LogP contribution in [0, 0.1) is 0 Å². The highest BCUT2D eigenvalue weighted by atomic mass is 19.4. The Hall–Kier alpha value is -3.27. The van der Waals surface area contributed by atoms with E-state index in [1.54, 1.807) is 26.2 Å². The van der Waals surface area contributed by atoms with Crippen molar-refractivity contribution in [3.63, 3.8) is 0 Å². The number of carbonyl (C=O) groups is 1. The number of nitrogens with one attached hydrogen (secondary N) is 1. The van der Waals surface area contributed by atoms with Crippen LogP contribution < -0.4 is 15.0 Å². The van der Waals surface area contributed by atoms with Crippen molar-refractivity contribution in [2.75, 3.05) is 14.1 Å². The van der Waals surface area contributed by atoms with Gasteiger partial charge in [-0.3, -0.25) is 9.63 Å². The normalized spacial score (nSPS) is 16.2. The zero-order chi connectivity index (χ0) is 20.3. The van der Waals surface area contributed by atoms with Gasteiger partial charge >= 0.3 is 6.36 Å². The van der Waals surface area contributed by atoms with Gasteiger partial charge in [0, 0.05) is 20.2 Å². The SMILES string of the molecule is CN(C)C(=O)c1ccc(OC2=CC(c3ccc(OC(F)(F)F)cc3)ON2)cn1. The van der Waals surface area contributed by atoms with E-state index in [4.69, 9.17) is 9.57 Å². The van der Waals surface area contributed by atoms with E-state index in [-0.39, 0.29) is 23.2 Å². The zero-order valence-electron chi connectivity index (χ0n) is 14.9. The highest BCUT2D eigenvalue weighted by Crippen LogP contribution is 2.28. The third kappa shape index (κ3) is 4.92. The van der Waals surface area contributed by atoms with Crippen molar-refractivity contribution in [2.24, 2.45) is 0 Å². The van der Waals surface area contributed by atoms with Crippen LogP contribution in [0.15, 0.2) is 54.6 Å². The lowest BCUT2D eigenvalue weighted by molar-refractivity contribution is -0.274. The maximum atomic E-state index is 12.2. The molecular formula is C18H16F3N3O4. The first-order valence-corrected chi connectivity index (χ1v) is 8.06. The van der Waals surface area contributed by atoms with Gasteiger partial charge in [-0.05, 0) is 29.8 Å². The van der Waals surface area contributed by atoms with Crippen molar-refractivity contribution >= 4 is 5.91 Å². The summed E-state index contributed by atoms with van der Waals surface area (Å²) in [6.07, 6.45) is -2.29. The van der Waals surface area contributed by atoms with Crippen LogP contribution in [0.4, 0.5) is 13.2 Å². The molecule has 2 aromatic rings. The molecule has 1 aliphatic rings. The number of pyridine rings is 1. The summed E-state index contributed by atoms with van der Waals surface area (Å²) in [7, 11) is 3.25. The van der Waals surface area contributed by atoms with Crippen LogP contribution in [0.3, 0.4) is 0 Å². The number of benzene rings is 1. The minimum absolute atomic E-state index is 0.230. The summed E-state index contributed by atoms with van der Waals surface area (Å²) in [6.45, 7) is 0. The van der Waals surface area contributed by atoms with Crippen molar-refractivity contribution < 1.29 is 32.3 Å². The van der Waals surface area contributed by atoms with Gasteiger partial charge in [0.1, 0.15) is 23.3 Å². The maximum Gasteiger partial charge on any atom is 0.573 e. The molecule has 1 amide bonds. The monoisotopic (exact) mass is 395 g/mol. The van der Waals surface area contributed by atoms with Crippen LogP contribution in [0.25, 0.3) is 0 Å². The quantitative estimate of drug-likeness (QED) is 0.839. The van der Waals surface area contributed by atoms with Crippen LogP contribution in [0.5, 0.6) is 11.5 Å². The number of hydrogen-bond donors (Lipinski definition) is 1. The number of ether oxygens (including phenoxy) is 2. The van der Waals surface area contributed by atoms with E-state index in [0.29, 0.717) is 11.3 Å². The van der Waals surface area contributed by atoms with Crippen LogP contribution in [-0.4, -0.2) is 36.2 Å². The van der Waals surface area contributed by atoms with Gasteiger partial charge in [-0.1, -0.05) is 12.1 Å². The maximum absolute atomic E-state index is 12.2. The lowest BCUT2D eigenvalue weighted by atomic mass is 10.1. The minimum Gasteiger partial charge on any atom is -0.438 e. The van der Waals surface area contributed by atoms with Gasteiger partial charge in [0.2, 0.25) is 5.88 Å². The predicted molar refractivity (Wildman–Crippen MR) is 91.1 cm³/mol. The van der Waals surface area contributed by atoms with Crippen LogP contribution in [-0.2, 0) is 4.84 Å². The van der Waals surface area contributed by atoms with E-state index in [0.717, 1.165) is 0 Å². The number of halogens is 3. The summed E-state index contributed by atoms with van der Waals surface area (Å²) in [5.41, 5.74) is 3.47. The molecular weight excluding hydrogens is 379 g/mol. The summed E-state index contributed by atoms with van der Waals surface area (Å²) in [5.74, 6) is 0.119. The van der Waals surface area contributed by atoms with E-state index in [9.17, 15) is 18.0 Å². The van der Waals surface area contributed by atoms with Crippen molar-refractivity contribution in [2.45, 2.75) is 12.5 Å². The van der Waals surface area contributed by atoms with Crippen LogP contribution in [0.2, 0.25) is 0 Å². The second kappa shape index (κ2) is 7.77. The van der Waals surface area contributed by atoms with Gasteiger partial charge < -0.3 is 14.4 Å². The molecule has 0 saturated heterocycles. The summed E-state index contributed by atoms with van der Waals surface area (Å²) in [5, 5.41) is 0. The topological polar surface area (TPSA) is 72.9 Å². The number of alkyl halides is 3. The summed E-state index contributed by atoms with van der Waals surface area (Å²) >= 11 is 0. The number of hydrogen-bond acceptors (Lipinski definition) is 6. The lowest BCUT2D eigenvalue weighted by Crippen LogP contribution is -2.22. The summed E-state index contributed by atoms with van der Waals surface area (Å²) < 4.78 is 46.0. The Balaban J connectivity index is 1.63. The van der Waals surface area contributed by atoms with E-state index in [1.165, 1.54) is 41.4 Å². The Labute approximate surface area is 158 Å². The standard InChI is InChI=1S/C18H16F3N3O4/c1-24(2)17(25)14-8-7-13(10-22-14)26-16-9-15(28-23-16)11-3-5-12(6-4-11)27-18(19,20)21/h3-10,15,23H,1-2H3. The van der Waals surface area contributed by atoms with Crippen LogP contribution in [0.1, 0.15) is 22.2 Å². The number of nitrogens with zero attached hydrogens (tertiary/aromatic N) is 2. The number of aromatic nitrogens is 1. The van der Waals surface area contributed by atoms with E-state index in [1.807, 2.05) is 0 Å². The predicted octanol–water partition coefficient (Wildman–Crippen LogP) is 3.18. The molecule has 0 saturated carbocycles. The second-order valence-electron chi connectivity index (χ2n) is 5.97. The van der Waals surface area contributed by atoms with E-state index >= 15 is 0 Å².